The van der Waals surface area contributed by atoms with E-state index in [1.807, 2.05) is 43.3 Å². The van der Waals surface area contributed by atoms with Crippen molar-refractivity contribution in [3.63, 3.8) is 0 Å². The number of fused-ring (bicyclic) bond motifs is 1. The van der Waals surface area contributed by atoms with Gasteiger partial charge in [-0.15, -0.1) is 0 Å². The van der Waals surface area contributed by atoms with Crippen molar-refractivity contribution in [1.82, 2.24) is 5.32 Å². The lowest BCUT2D eigenvalue weighted by molar-refractivity contribution is -0.166. The topological polar surface area (TPSA) is 73.9 Å². The minimum atomic E-state index is -1.55. The zero-order valence-corrected chi connectivity index (χ0v) is 17.3. The molecule has 29 heavy (non-hydrogen) atoms. The molecule has 3 rings (SSSR count). The summed E-state index contributed by atoms with van der Waals surface area (Å²) in [5, 5.41) is 3.10. The van der Waals surface area contributed by atoms with E-state index in [1.54, 1.807) is 21.0 Å². The van der Waals surface area contributed by atoms with Crippen molar-refractivity contribution in [2.75, 3.05) is 20.3 Å². The van der Waals surface area contributed by atoms with Gasteiger partial charge in [0, 0.05) is 13.0 Å². The maximum Gasteiger partial charge on any atom is 0.338 e. The molecule has 0 amide bonds. The van der Waals surface area contributed by atoms with Gasteiger partial charge in [-0.25, -0.2) is 9.59 Å². The van der Waals surface area contributed by atoms with E-state index in [1.165, 1.54) is 0 Å². The maximum atomic E-state index is 12.8. The van der Waals surface area contributed by atoms with Gasteiger partial charge in [0.15, 0.2) is 0 Å². The van der Waals surface area contributed by atoms with Crippen molar-refractivity contribution in [2.24, 2.45) is 0 Å². The van der Waals surface area contributed by atoms with Crippen LogP contribution in [0.1, 0.15) is 30.5 Å². The van der Waals surface area contributed by atoms with Crippen LogP contribution < -0.4 is 10.1 Å². The van der Waals surface area contributed by atoms with Crippen LogP contribution in [0.4, 0.5) is 0 Å². The minimum Gasteiger partial charge on any atom is -0.496 e. The fourth-order valence-corrected chi connectivity index (χ4v) is 3.78. The van der Waals surface area contributed by atoms with E-state index in [2.05, 4.69) is 5.32 Å². The lowest BCUT2D eigenvalue weighted by Crippen LogP contribution is -2.62. The van der Waals surface area contributed by atoms with E-state index < -0.39 is 17.5 Å². The third-order valence-electron chi connectivity index (χ3n) is 5.25. The van der Waals surface area contributed by atoms with E-state index in [-0.39, 0.29) is 19.6 Å². The largest absolute Gasteiger partial charge is 0.496 e. The van der Waals surface area contributed by atoms with Crippen molar-refractivity contribution in [2.45, 2.75) is 39.3 Å². The molecule has 1 heterocycles. The lowest BCUT2D eigenvalue weighted by atomic mass is 9.80. The van der Waals surface area contributed by atoms with Crippen molar-refractivity contribution in [3.05, 3.63) is 53.1 Å². The van der Waals surface area contributed by atoms with Gasteiger partial charge >= 0.3 is 11.9 Å². The van der Waals surface area contributed by atoms with Crippen LogP contribution in [-0.2, 0) is 32.0 Å². The molecule has 1 aliphatic heterocycles. The summed E-state index contributed by atoms with van der Waals surface area (Å²) in [6.07, 6.45) is 0.168. The van der Waals surface area contributed by atoms with Crippen LogP contribution in [0.3, 0.4) is 0 Å². The Kier molecular flexibility index (Phi) is 6.23. The third kappa shape index (κ3) is 3.85. The molecule has 6 heteroatoms. The number of rotatable bonds is 6. The molecule has 0 saturated heterocycles. The maximum absolute atomic E-state index is 12.8. The third-order valence-corrected chi connectivity index (χ3v) is 5.25. The molecule has 2 aromatic carbocycles. The predicted molar refractivity (Wildman–Crippen MR) is 110 cm³/mol. The number of benzene rings is 2. The standard InChI is InChI=1S/C23H27NO5/c1-5-28-21(25)23(22(26)29-6-2)13-19-17(14-24-23)8-7-9-18(19)16-10-11-20(27-4)15(3)12-16/h7-12,24H,5-6,13-14H2,1-4H3. The van der Waals surface area contributed by atoms with Crippen molar-refractivity contribution >= 4 is 11.9 Å². The van der Waals surface area contributed by atoms with Crippen LogP contribution in [-0.4, -0.2) is 37.8 Å². The molecular formula is C23H27NO5. The van der Waals surface area contributed by atoms with E-state index in [9.17, 15) is 9.59 Å². The number of hydrogen-bond acceptors (Lipinski definition) is 6. The summed E-state index contributed by atoms with van der Waals surface area (Å²) >= 11 is 0. The summed E-state index contributed by atoms with van der Waals surface area (Å²) in [6, 6.07) is 12.0. The molecule has 0 aliphatic carbocycles. The number of ether oxygens (including phenoxy) is 3. The first-order valence-corrected chi connectivity index (χ1v) is 9.82. The molecule has 0 spiro atoms. The molecule has 6 nitrogen and oxygen atoms in total. The highest BCUT2D eigenvalue weighted by atomic mass is 16.6. The van der Waals surface area contributed by atoms with E-state index in [4.69, 9.17) is 14.2 Å². The van der Waals surface area contributed by atoms with Crippen molar-refractivity contribution in [3.8, 4) is 16.9 Å². The van der Waals surface area contributed by atoms with Gasteiger partial charge in [-0.05, 0) is 60.7 Å². The zero-order chi connectivity index (χ0) is 21.0. The van der Waals surface area contributed by atoms with E-state index in [0.717, 1.165) is 33.6 Å². The average Bonchev–Trinajstić information content (AvgIpc) is 2.73. The predicted octanol–water partition coefficient (Wildman–Crippen LogP) is 3.18. The molecule has 0 aromatic heterocycles. The monoisotopic (exact) mass is 397 g/mol. The van der Waals surface area contributed by atoms with Crippen LogP contribution in [0.25, 0.3) is 11.1 Å². The Morgan fingerprint density at radius 1 is 1.07 bits per heavy atom. The highest BCUT2D eigenvalue weighted by Gasteiger charge is 2.51. The molecule has 0 saturated carbocycles. The molecule has 1 N–H and O–H groups in total. The summed E-state index contributed by atoms with van der Waals surface area (Å²) in [5.74, 6) is -0.401. The van der Waals surface area contributed by atoms with Gasteiger partial charge in [0.1, 0.15) is 5.75 Å². The van der Waals surface area contributed by atoms with Gasteiger partial charge in [0.2, 0.25) is 5.54 Å². The molecule has 0 radical (unpaired) electrons. The molecular weight excluding hydrogens is 370 g/mol. The van der Waals surface area contributed by atoms with Crippen LogP contribution >= 0.6 is 0 Å². The minimum absolute atomic E-state index is 0.168. The van der Waals surface area contributed by atoms with E-state index >= 15 is 0 Å². The molecule has 0 bridgehead atoms. The van der Waals surface area contributed by atoms with Crippen LogP contribution in [0.2, 0.25) is 0 Å². The molecule has 1 aliphatic rings. The first-order chi connectivity index (χ1) is 14.0. The Morgan fingerprint density at radius 3 is 2.34 bits per heavy atom. The Labute approximate surface area is 171 Å². The Morgan fingerprint density at radius 2 is 1.76 bits per heavy atom. The summed E-state index contributed by atoms with van der Waals surface area (Å²) in [7, 11) is 1.64. The van der Waals surface area contributed by atoms with Crippen LogP contribution in [0, 0.1) is 6.92 Å². The smallest absolute Gasteiger partial charge is 0.338 e. The van der Waals surface area contributed by atoms with Gasteiger partial charge in [0.25, 0.3) is 0 Å². The fourth-order valence-electron chi connectivity index (χ4n) is 3.78. The number of methoxy groups -OCH3 is 1. The highest BCUT2D eigenvalue weighted by Crippen LogP contribution is 2.35. The second-order valence-corrected chi connectivity index (χ2v) is 7.00. The number of aryl methyl sites for hydroxylation is 1. The van der Waals surface area contributed by atoms with Gasteiger partial charge < -0.3 is 14.2 Å². The molecule has 154 valence electrons. The number of nitrogens with one attached hydrogen (secondary N) is 1. The lowest BCUT2D eigenvalue weighted by Gasteiger charge is -2.35. The molecule has 0 unspecified atom stereocenters. The fraction of sp³-hybridized carbons (Fsp3) is 0.391. The van der Waals surface area contributed by atoms with Crippen LogP contribution in [0.15, 0.2) is 36.4 Å². The van der Waals surface area contributed by atoms with E-state index in [0.29, 0.717) is 6.54 Å². The van der Waals surface area contributed by atoms with Gasteiger partial charge in [-0.1, -0.05) is 24.3 Å². The van der Waals surface area contributed by atoms with Crippen molar-refractivity contribution < 1.29 is 23.8 Å². The zero-order valence-electron chi connectivity index (χ0n) is 17.3. The number of hydrogen-bond donors (Lipinski definition) is 1. The summed E-state index contributed by atoms with van der Waals surface area (Å²) < 4.78 is 15.9. The SMILES string of the molecule is CCOC(=O)C1(C(=O)OCC)Cc2c(cccc2-c2ccc(OC)c(C)c2)CN1. The summed E-state index contributed by atoms with van der Waals surface area (Å²) in [4.78, 5) is 25.7. The number of esters is 2. The van der Waals surface area contributed by atoms with Gasteiger partial charge in [0.05, 0.1) is 20.3 Å². The van der Waals surface area contributed by atoms with Gasteiger partial charge in [-0.3, -0.25) is 5.32 Å². The average molecular weight is 397 g/mol. The molecule has 0 fully saturated rings. The highest BCUT2D eigenvalue weighted by molar-refractivity contribution is 6.06. The van der Waals surface area contributed by atoms with Gasteiger partial charge in [-0.2, -0.15) is 0 Å². The summed E-state index contributed by atoms with van der Waals surface area (Å²) in [5.41, 5.74) is 3.43. The Bertz CT molecular complexity index is 903. The number of carbonyl (C=O) groups excluding carboxylic acids is 2. The normalized spacial score (nSPS) is 14.6. The Balaban J connectivity index is 2.09. The van der Waals surface area contributed by atoms with Crippen molar-refractivity contribution in [1.29, 1.82) is 0 Å². The molecule has 0 atom stereocenters. The van der Waals surface area contributed by atoms with Crippen LogP contribution in [0.5, 0.6) is 5.75 Å². The number of carbonyl (C=O) groups is 2. The molecule has 2 aromatic rings. The Hall–Kier alpha value is -2.86. The quantitative estimate of drug-likeness (QED) is 0.596. The first-order valence-electron chi connectivity index (χ1n) is 9.82. The summed E-state index contributed by atoms with van der Waals surface area (Å²) in [6.45, 7) is 6.18. The second kappa shape index (κ2) is 8.66. The first kappa shape index (κ1) is 20.9. The second-order valence-electron chi connectivity index (χ2n) is 7.00.